The molecule has 1 heterocycles. The Morgan fingerprint density at radius 1 is 1.47 bits per heavy atom. The van der Waals surface area contributed by atoms with E-state index in [2.05, 4.69) is 27.6 Å². The van der Waals surface area contributed by atoms with Gasteiger partial charge in [-0.25, -0.2) is 4.57 Å². The molecule has 0 aliphatic rings. The van der Waals surface area contributed by atoms with E-state index in [9.17, 15) is 9.59 Å². The molecule has 0 fully saturated rings. The van der Waals surface area contributed by atoms with Gasteiger partial charge in [0.25, 0.3) is 5.56 Å². The zero-order valence-electron chi connectivity index (χ0n) is 10.6. The molecule has 0 spiro atoms. The average molecular weight is 388 g/mol. The summed E-state index contributed by atoms with van der Waals surface area (Å²) in [6.07, 6.45) is 0.298. The van der Waals surface area contributed by atoms with Gasteiger partial charge >= 0.3 is 0 Å². The van der Waals surface area contributed by atoms with Crippen molar-refractivity contribution in [1.82, 2.24) is 9.55 Å². The van der Waals surface area contributed by atoms with Gasteiger partial charge in [0.1, 0.15) is 0 Å². The maximum Gasteiger partial charge on any atom is 0.269 e. The molecule has 2 aromatic rings. The smallest absolute Gasteiger partial charge is 0.269 e. The van der Waals surface area contributed by atoms with Gasteiger partial charge < -0.3 is 4.98 Å². The van der Waals surface area contributed by atoms with E-state index in [4.69, 9.17) is 12.2 Å². The summed E-state index contributed by atoms with van der Waals surface area (Å²) in [5.41, 5.74) is 0.312. The van der Waals surface area contributed by atoms with E-state index in [1.54, 1.807) is 12.1 Å². The van der Waals surface area contributed by atoms with Gasteiger partial charge in [0, 0.05) is 9.99 Å². The van der Waals surface area contributed by atoms with E-state index in [1.165, 1.54) is 0 Å². The van der Waals surface area contributed by atoms with Crippen LogP contribution in [0.3, 0.4) is 0 Å². The van der Waals surface area contributed by atoms with Crippen molar-refractivity contribution in [2.24, 2.45) is 5.92 Å². The second-order valence-electron chi connectivity index (χ2n) is 4.75. The van der Waals surface area contributed by atoms with Crippen LogP contribution >= 0.6 is 34.8 Å². The van der Waals surface area contributed by atoms with Crippen LogP contribution in [0.15, 0.2) is 23.0 Å². The Morgan fingerprint density at radius 2 is 2.16 bits per heavy atom. The second kappa shape index (κ2) is 5.54. The van der Waals surface area contributed by atoms with Gasteiger partial charge in [-0.05, 0) is 58.9 Å². The Kier molecular flexibility index (Phi) is 4.19. The Hall–Kier alpha value is -1.02. The topological polar surface area (TPSA) is 54.9 Å². The quantitative estimate of drug-likeness (QED) is 0.634. The summed E-state index contributed by atoms with van der Waals surface area (Å²) in [4.78, 5) is 27.4. The summed E-state index contributed by atoms with van der Waals surface area (Å²) in [7, 11) is 0. The van der Waals surface area contributed by atoms with Crippen LogP contribution in [-0.2, 0) is 0 Å². The van der Waals surface area contributed by atoms with Gasteiger partial charge in [-0.2, -0.15) is 0 Å². The minimum absolute atomic E-state index is 0.157. The standard InChI is InChI=1S/C13H13IN2O2S/c1-7(2)5-11(17)16-12(18)9-6-8(14)3-4-10(9)15-13(16)19/h3-4,6-7H,5H2,1-2H3,(H,15,19). The Bertz CT molecular complexity index is 761. The van der Waals surface area contributed by atoms with E-state index in [0.29, 0.717) is 17.3 Å². The summed E-state index contributed by atoms with van der Waals surface area (Å²) in [5.74, 6) is -0.0811. The number of rotatable bonds is 2. The first-order valence-electron chi connectivity index (χ1n) is 5.88. The molecule has 2 rings (SSSR count). The lowest BCUT2D eigenvalue weighted by Gasteiger charge is -2.08. The van der Waals surface area contributed by atoms with E-state index < -0.39 is 0 Å². The first kappa shape index (κ1) is 14.4. The minimum Gasteiger partial charge on any atom is -0.331 e. The molecular weight excluding hydrogens is 375 g/mol. The molecule has 4 nitrogen and oxygen atoms in total. The SMILES string of the molecule is CC(C)CC(=O)n1c(=S)[nH]c2ccc(I)cc2c1=O. The van der Waals surface area contributed by atoms with E-state index in [1.807, 2.05) is 19.9 Å². The van der Waals surface area contributed by atoms with E-state index in [-0.39, 0.29) is 22.2 Å². The van der Waals surface area contributed by atoms with Gasteiger partial charge in [0.05, 0.1) is 10.9 Å². The fourth-order valence-electron chi connectivity index (χ4n) is 1.85. The molecular formula is C13H13IN2O2S. The minimum atomic E-state index is -0.345. The first-order chi connectivity index (χ1) is 8.90. The number of halogens is 1. The van der Waals surface area contributed by atoms with Crippen LogP contribution in [0.25, 0.3) is 10.9 Å². The zero-order valence-corrected chi connectivity index (χ0v) is 13.5. The maximum atomic E-state index is 12.4. The van der Waals surface area contributed by atoms with Crippen LogP contribution in [0, 0.1) is 14.3 Å². The van der Waals surface area contributed by atoms with Gasteiger partial charge in [-0.15, -0.1) is 0 Å². The molecule has 19 heavy (non-hydrogen) atoms. The molecule has 0 saturated carbocycles. The highest BCUT2D eigenvalue weighted by atomic mass is 127. The number of aromatic amines is 1. The third-order valence-corrected chi connectivity index (χ3v) is 3.65. The number of H-pyrrole nitrogens is 1. The summed E-state index contributed by atoms with van der Waals surface area (Å²) in [5, 5.41) is 0.484. The number of hydrogen-bond acceptors (Lipinski definition) is 3. The van der Waals surface area contributed by atoms with E-state index >= 15 is 0 Å². The molecule has 0 aliphatic heterocycles. The van der Waals surface area contributed by atoms with Crippen LogP contribution in [0.5, 0.6) is 0 Å². The van der Waals surface area contributed by atoms with Crippen LogP contribution < -0.4 is 5.56 Å². The van der Waals surface area contributed by atoms with Crippen molar-refractivity contribution in [3.05, 3.63) is 36.9 Å². The van der Waals surface area contributed by atoms with Gasteiger partial charge in [0.2, 0.25) is 5.91 Å². The Balaban J connectivity index is 2.72. The van der Waals surface area contributed by atoms with Gasteiger partial charge in [0.15, 0.2) is 4.77 Å². The predicted molar refractivity (Wildman–Crippen MR) is 86.2 cm³/mol. The van der Waals surface area contributed by atoms with Gasteiger partial charge in [-0.3, -0.25) is 9.59 Å². The van der Waals surface area contributed by atoms with Crippen molar-refractivity contribution in [2.45, 2.75) is 20.3 Å². The number of benzene rings is 1. The number of nitrogens with zero attached hydrogens (tertiary/aromatic N) is 1. The normalized spacial score (nSPS) is 11.2. The number of carbonyl (C=O) groups excluding carboxylic acids is 1. The summed E-state index contributed by atoms with van der Waals surface area (Å²) < 4.78 is 2.16. The van der Waals surface area contributed by atoms with Crippen molar-refractivity contribution in [3.8, 4) is 0 Å². The number of fused-ring (bicyclic) bond motifs is 1. The number of hydrogen-bond donors (Lipinski definition) is 1. The summed E-state index contributed by atoms with van der Waals surface area (Å²) in [6, 6.07) is 5.43. The highest BCUT2D eigenvalue weighted by molar-refractivity contribution is 14.1. The average Bonchev–Trinajstić information content (AvgIpc) is 2.29. The highest BCUT2D eigenvalue weighted by Gasteiger charge is 2.14. The first-order valence-corrected chi connectivity index (χ1v) is 7.36. The number of aromatic nitrogens is 2. The second-order valence-corrected chi connectivity index (χ2v) is 6.38. The molecule has 0 radical (unpaired) electrons. The molecule has 1 N–H and O–H groups in total. The van der Waals surface area contributed by atoms with Crippen LogP contribution in [-0.4, -0.2) is 15.5 Å². The largest absolute Gasteiger partial charge is 0.331 e. The summed E-state index contributed by atoms with van der Waals surface area (Å²) >= 11 is 7.24. The van der Waals surface area contributed by atoms with Crippen molar-refractivity contribution in [3.63, 3.8) is 0 Å². The number of nitrogens with one attached hydrogen (secondary N) is 1. The molecule has 1 aromatic carbocycles. The van der Waals surface area contributed by atoms with Crippen LogP contribution in [0.1, 0.15) is 25.1 Å². The zero-order chi connectivity index (χ0) is 14.2. The third kappa shape index (κ3) is 2.94. The summed E-state index contributed by atoms with van der Waals surface area (Å²) in [6.45, 7) is 3.86. The molecule has 100 valence electrons. The van der Waals surface area contributed by atoms with Crippen LogP contribution in [0.4, 0.5) is 0 Å². The molecule has 0 saturated heterocycles. The molecule has 0 aliphatic carbocycles. The molecule has 0 atom stereocenters. The highest BCUT2D eigenvalue weighted by Crippen LogP contribution is 2.12. The molecule has 0 bridgehead atoms. The van der Waals surface area contributed by atoms with E-state index in [0.717, 1.165) is 8.14 Å². The number of carbonyl (C=O) groups is 1. The monoisotopic (exact) mass is 388 g/mol. The lowest BCUT2D eigenvalue weighted by molar-refractivity contribution is 0.0880. The Morgan fingerprint density at radius 3 is 2.79 bits per heavy atom. The van der Waals surface area contributed by atoms with Crippen molar-refractivity contribution in [2.75, 3.05) is 0 Å². The Labute approximate surface area is 129 Å². The predicted octanol–water partition coefficient (Wildman–Crippen LogP) is 3.35. The lowest BCUT2D eigenvalue weighted by Crippen LogP contribution is -2.29. The van der Waals surface area contributed by atoms with Crippen molar-refractivity contribution < 1.29 is 4.79 Å². The fourth-order valence-corrected chi connectivity index (χ4v) is 2.64. The molecule has 0 unspecified atom stereocenters. The van der Waals surface area contributed by atoms with Crippen LogP contribution in [0.2, 0.25) is 0 Å². The fraction of sp³-hybridized carbons (Fsp3) is 0.308. The lowest BCUT2D eigenvalue weighted by atomic mass is 10.1. The van der Waals surface area contributed by atoms with Crippen molar-refractivity contribution >= 4 is 51.6 Å². The maximum absolute atomic E-state index is 12.4. The van der Waals surface area contributed by atoms with Gasteiger partial charge in [-0.1, -0.05) is 13.8 Å². The molecule has 0 amide bonds. The molecule has 1 aromatic heterocycles. The molecule has 6 heteroatoms. The third-order valence-electron chi connectivity index (χ3n) is 2.69. The van der Waals surface area contributed by atoms with Crippen molar-refractivity contribution in [1.29, 1.82) is 0 Å².